The number of amides is 1. The van der Waals surface area contributed by atoms with Gasteiger partial charge in [-0.1, -0.05) is 39.0 Å². The summed E-state index contributed by atoms with van der Waals surface area (Å²) >= 11 is 0. The Morgan fingerprint density at radius 3 is 2.66 bits per heavy atom. The normalized spacial score (nSPS) is 14.9. The average Bonchev–Trinajstić information content (AvgIpc) is 3.40. The molecule has 8 heteroatoms. The summed E-state index contributed by atoms with van der Waals surface area (Å²) in [5, 5.41) is 16.7. The monoisotopic (exact) mass is 474 g/mol. The molecule has 0 spiro atoms. The van der Waals surface area contributed by atoms with Crippen molar-refractivity contribution < 1.29 is 9.53 Å². The molecule has 4 aromatic rings. The van der Waals surface area contributed by atoms with E-state index in [1.165, 1.54) is 25.7 Å². The molecule has 184 valence electrons. The van der Waals surface area contributed by atoms with E-state index in [9.17, 15) is 4.79 Å². The van der Waals surface area contributed by atoms with Crippen molar-refractivity contribution in [2.45, 2.75) is 77.2 Å². The molecule has 0 saturated heterocycles. The topological polar surface area (TPSA) is 85.8 Å². The number of unbranched alkanes of at least 4 members (excludes halogenated alkanes) is 1. The lowest BCUT2D eigenvalue weighted by atomic mass is 10.1. The fourth-order valence-electron chi connectivity index (χ4n) is 4.78. The third kappa shape index (κ3) is 5.47. The van der Waals surface area contributed by atoms with E-state index < -0.39 is 0 Å². The number of fused-ring (bicyclic) bond motifs is 3. The van der Waals surface area contributed by atoms with Crippen molar-refractivity contribution in [1.82, 2.24) is 29.5 Å². The molecule has 0 atom stereocenters. The fourth-order valence-corrected chi connectivity index (χ4v) is 4.78. The molecule has 5 rings (SSSR count). The molecule has 0 aliphatic heterocycles. The fraction of sp³-hybridized carbons (Fsp3) is 0.481. The minimum atomic E-state index is 0.100. The third-order valence-electron chi connectivity index (χ3n) is 6.80. The molecule has 1 amide bonds. The summed E-state index contributed by atoms with van der Waals surface area (Å²) in [5.41, 5.74) is 3.51. The van der Waals surface area contributed by atoms with Crippen molar-refractivity contribution in [2.24, 2.45) is 0 Å². The Hall–Kier alpha value is -3.42. The Morgan fingerprint density at radius 1 is 1.09 bits per heavy atom. The van der Waals surface area contributed by atoms with Crippen LogP contribution in [0.15, 0.2) is 42.7 Å². The van der Waals surface area contributed by atoms with Gasteiger partial charge in [0.15, 0.2) is 5.65 Å². The molecule has 35 heavy (non-hydrogen) atoms. The first-order valence-corrected chi connectivity index (χ1v) is 13.0. The Balaban J connectivity index is 1.27. The van der Waals surface area contributed by atoms with E-state index in [-0.39, 0.29) is 5.91 Å². The highest BCUT2D eigenvalue weighted by Gasteiger charge is 2.17. The van der Waals surface area contributed by atoms with Crippen LogP contribution >= 0.6 is 0 Å². The minimum Gasteiger partial charge on any atom is -0.494 e. The Bertz CT molecular complexity index is 1270. The van der Waals surface area contributed by atoms with Crippen LogP contribution in [0, 0.1) is 0 Å². The molecule has 3 aromatic heterocycles. The second-order valence-corrected chi connectivity index (χ2v) is 9.45. The number of nitrogens with one attached hydrogen (secondary N) is 1. The lowest BCUT2D eigenvalue weighted by molar-refractivity contribution is -0.121. The van der Waals surface area contributed by atoms with Gasteiger partial charge in [-0.2, -0.15) is 5.10 Å². The number of aryl methyl sites for hydroxylation is 1. The first-order valence-electron chi connectivity index (χ1n) is 13.0. The molecule has 0 radical (unpaired) electrons. The van der Waals surface area contributed by atoms with E-state index in [4.69, 9.17) is 9.84 Å². The van der Waals surface area contributed by atoms with Gasteiger partial charge in [0.05, 0.1) is 12.3 Å². The van der Waals surface area contributed by atoms with Gasteiger partial charge in [-0.3, -0.25) is 9.20 Å². The van der Waals surface area contributed by atoms with Crippen molar-refractivity contribution in [1.29, 1.82) is 0 Å². The predicted octanol–water partition coefficient (Wildman–Crippen LogP) is 4.99. The lowest BCUT2D eigenvalue weighted by Crippen LogP contribution is -2.34. The standard InChI is InChI=1S/C27H34N6O2/c1-2-3-18-35-22-12-10-20(11-13-22)23-19-24-27-30-29-25(32(27)16-17-33(24)31-23)14-15-26(34)28-21-8-6-4-5-7-9-21/h10-13,16-17,19,21H,2-9,14-15,18H2,1H3,(H,28,34). The molecule has 0 unspecified atom stereocenters. The quantitative estimate of drug-likeness (QED) is 0.273. The van der Waals surface area contributed by atoms with E-state index in [0.717, 1.165) is 66.3 Å². The van der Waals surface area contributed by atoms with Gasteiger partial charge in [-0.25, -0.2) is 4.52 Å². The van der Waals surface area contributed by atoms with Crippen LogP contribution in [0.25, 0.3) is 22.4 Å². The largest absolute Gasteiger partial charge is 0.494 e. The molecule has 1 N–H and O–H groups in total. The van der Waals surface area contributed by atoms with E-state index >= 15 is 0 Å². The third-order valence-corrected chi connectivity index (χ3v) is 6.80. The Kier molecular flexibility index (Phi) is 7.25. The number of carbonyl (C=O) groups is 1. The molecule has 1 saturated carbocycles. The van der Waals surface area contributed by atoms with Gasteiger partial charge in [-0.05, 0) is 49.6 Å². The van der Waals surface area contributed by atoms with Crippen LogP contribution in [0.5, 0.6) is 5.75 Å². The Morgan fingerprint density at radius 2 is 1.89 bits per heavy atom. The second kappa shape index (κ2) is 10.9. The average molecular weight is 475 g/mol. The number of ether oxygens (including phenoxy) is 1. The highest BCUT2D eigenvalue weighted by Crippen LogP contribution is 2.24. The summed E-state index contributed by atoms with van der Waals surface area (Å²) in [5.74, 6) is 1.76. The molecule has 1 aliphatic carbocycles. The van der Waals surface area contributed by atoms with Crippen LogP contribution in [0.3, 0.4) is 0 Å². The zero-order valence-corrected chi connectivity index (χ0v) is 20.4. The van der Waals surface area contributed by atoms with Crippen LogP contribution < -0.4 is 10.1 Å². The predicted molar refractivity (Wildman–Crippen MR) is 136 cm³/mol. The van der Waals surface area contributed by atoms with E-state index in [1.54, 1.807) is 0 Å². The number of aromatic nitrogens is 5. The van der Waals surface area contributed by atoms with Crippen LogP contribution in [0.4, 0.5) is 0 Å². The minimum absolute atomic E-state index is 0.100. The summed E-state index contributed by atoms with van der Waals surface area (Å²) in [6.07, 6.45) is 14.1. The summed E-state index contributed by atoms with van der Waals surface area (Å²) < 4.78 is 9.56. The van der Waals surface area contributed by atoms with Gasteiger partial charge >= 0.3 is 0 Å². The number of hydrogen-bond donors (Lipinski definition) is 1. The smallest absolute Gasteiger partial charge is 0.220 e. The van der Waals surface area contributed by atoms with Gasteiger partial charge < -0.3 is 10.1 Å². The van der Waals surface area contributed by atoms with Crippen molar-refractivity contribution in [3.8, 4) is 17.0 Å². The SMILES string of the molecule is CCCCOc1ccc(-c2cc3c4nnc(CCC(=O)NC5CCCCCC5)n4ccn3n2)cc1. The summed E-state index contributed by atoms with van der Waals surface area (Å²) in [4.78, 5) is 12.5. The number of benzene rings is 1. The van der Waals surface area contributed by atoms with Crippen LogP contribution in [-0.4, -0.2) is 42.8 Å². The number of rotatable bonds is 9. The van der Waals surface area contributed by atoms with Gasteiger partial charge in [0.1, 0.15) is 17.1 Å². The van der Waals surface area contributed by atoms with Crippen molar-refractivity contribution in [3.05, 3.63) is 48.5 Å². The number of nitrogens with zero attached hydrogens (tertiary/aromatic N) is 5. The van der Waals surface area contributed by atoms with Gasteiger partial charge in [0.25, 0.3) is 0 Å². The van der Waals surface area contributed by atoms with Gasteiger partial charge in [-0.15, -0.1) is 10.2 Å². The van der Waals surface area contributed by atoms with Crippen LogP contribution in [0.2, 0.25) is 0 Å². The molecule has 1 fully saturated rings. The summed E-state index contributed by atoms with van der Waals surface area (Å²) in [6, 6.07) is 10.4. The zero-order chi connectivity index (χ0) is 24.0. The van der Waals surface area contributed by atoms with Crippen molar-refractivity contribution >= 4 is 17.1 Å². The molecular formula is C27H34N6O2. The summed E-state index contributed by atoms with van der Waals surface area (Å²) in [7, 11) is 0. The molecule has 1 aliphatic rings. The van der Waals surface area contributed by atoms with E-state index in [2.05, 4.69) is 22.4 Å². The second-order valence-electron chi connectivity index (χ2n) is 9.45. The summed E-state index contributed by atoms with van der Waals surface area (Å²) in [6.45, 7) is 2.89. The first kappa shape index (κ1) is 23.3. The number of hydrogen-bond acceptors (Lipinski definition) is 5. The van der Waals surface area contributed by atoms with Gasteiger partial charge in [0.2, 0.25) is 5.91 Å². The highest BCUT2D eigenvalue weighted by atomic mass is 16.5. The molecule has 0 bridgehead atoms. The maximum absolute atomic E-state index is 12.5. The molecule has 1 aromatic carbocycles. The lowest BCUT2D eigenvalue weighted by Gasteiger charge is -2.15. The van der Waals surface area contributed by atoms with Crippen molar-refractivity contribution in [3.63, 3.8) is 0 Å². The molecular weight excluding hydrogens is 440 g/mol. The molecule has 3 heterocycles. The van der Waals surface area contributed by atoms with E-state index in [1.807, 2.05) is 51.6 Å². The zero-order valence-electron chi connectivity index (χ0n) is 20.4. The highest BCUT2D eigenvalue weighted by molar-refractivity contribution is 5.78. The first-order chi connectivity index (χ1) is 17.2. The van der Waals surface area contributed by atoms with Crippen LogP contribution in [0.1, 0.15) is 70.5 Å². The maximum Gasteiger partial charge on any atom is 0.220 e. The van der Waals surface area contributed by atoms with Crippen molar-refractivity contribution in [2.75, 3.05) is 6.61 Å². The maximum atomic E-state index is 12.5. The van der Waals surface area contributed by atoms with Gasteiger partial charge in [0, 0.05) is 36.8 Å². The van der Waals surface area contributed by atoms with Crippen LogP contribution in [-0.2, 0) is 11.2 Å². The molecule has 8 nitrogen and oxygen atoms in total. The number of carbonyl (C=O) groups excluding carboxylic acids is 1. The van der Waals surface area contributed by atoms with E-state index in [0.29, 0.717) is 18.9 Å². The Labute approximate surface area is 205 Å².